The SMILES string of the molecule is CCC(C(=O)N(CC(=O)Nc1cc(C(C)(C)C)nn1-c1ccc(Cl)c(Cl)c1)C(C)C)c1ccccc1. The number of rotatable bonds is 8. The van der Waals surface area contributed by atoms with Crippen LogP contribution in [0.2, 0.25) is 10.0 Å². The first-order valence-electron chi connectivity index (χ1n) is 12.1. The molecule has 0 spiro atoms. The van der Waals surface area contributed by atoms with Gasteiger partial charge in [-0.15, -0.1) is 0 Å². The number of anilines is 1. The molecule has 1 heterocycles. The lowest BCUT2D eigenvalue weighted by Crippen LogP contribution is -2.44. The summed E-state index contributed by atoms with van der Waals surface area (Å²) in [4.78, 5) is 28.4. The van der Waals surface area contributed by atoms with Crippen LogP contribution in [0.5, 0.6) is 0 Å². The minimum absolute atomic E-state index is 0.0674. The van der Waals surface area contributed by atoms with Gasteiger partial charge in [-0.2, -0.15) is 5.10 Å². The van der Waals surface area contributed by atoms with E-state index in [0.717, 1.165) is 11.3 Å². The van der Waals surface area contributed by atoms with E-state index in [-0.39, 0.29) is 35.7 Å². The lowest BCUT2D eigenvalue weighted by atomic mass is 9.92. The summed E-state index contributed by atoms with van der Waals surface area (Å²) in [7, 11) is 0. The topological polar surface area (TPSA) is 67.2 Å². The molecule has 3 rings (SSSR count). The molecule has 2 aromatic carbocycles. The molecule has 192 valence electrons. The molecule has 0 aliphatic carbocycles. The van der Waals surface area contributed by atoms with E-state index in [1.54, 1.807) is 27.8 Å². The summed E-state index contributed by atoms with van der Waals surface area (Å²) in [6.45, 7) is 11.9. The van der Waals surface area contributed by atoms with Crippen molar-refractivity contribution in [3.05, 3.63) is 75.9 Å². The van der Waals surface area contributed by atoms with Gasteiger partial charge in [0.2, 0.25) is 11.8 Å². The van der Waals surface area contributed by atoms with Gasteiger partial charge in [-0.05, 0) is 44.0 Å². The van der Waals surface area contributed by atoms with Crippen LogP contribution in [-0.4, -0.2) is 39.1 Å². The van der Waals surface area contributed by atoms with Crippen molar-refractivity contribution in [2.45, 2.75) is 65.3 Å². The van der Waals surface area contributed by atoms with Crippen molar-refractivity contribution in [3.63, 3.8) is 0 Å². The fourth-order valence-corrected chi connectivity index (χ4v) is 4.23. The largest absolute Gasteiger partial charge is 0.330 e. The van der Waals surface area contributed by atoms with Crippen LogP contribution in [-0.2, 0) is 15.0 Å². The number of hydrogen-bond donors (Lipinski definition) is 1. The second-order valence-corrected chi connectivity index (χ2v) is 11.0. The number of nitrogens with one attached hydrogen (secondary N) is 1. The summed E-state index contributed by atoms with van der Waals surface area (Å²) in [5, 5.41) is 8.52. The standard InChI is InChI=1S/C28H34Cl2N4O2/c1-7-21(19-11-9-8-10-12-19)27(36)33(18(2)3)17-26(35)31-25-16-24(28(4,5)6)32-34(25)20-13-14-22(29)23(30)15-20/h8-16,18,21H,7,17H2,1-6H3,(H,31,35). The molecule has 1 atom stereocenters. The van der Waals surface area contributed by atoms with Crippen molar-refractivity contribution in [2.24, 2.45) is 0 Å². The summed E-state index contributed by atoms with van der Waals surface area (Å²) < 4.78 is 1.64. The van der Waals surface area contributed by atoms with E-state index in [2.05, 4.69) is 5.32 Å². The predicted molar refractivity (Wildman–Crippen MR) is 147 cm³/mol. The van der Waals surface area contributed by atoms with Crippen molar-refractivity contribution < 1.29 is 9.59 Å². The van der Waals surface area contributed by atoms with E-state index < -0.39 is 0 Å². The summed E-state index contributed by atoms with van der Waals surface area (Å²) in [5.41, 5.74) is 2.17. The van der Waals surface area contributed by atoms with Gasteiger partial charge < -0.3 is 10.2 Å². The second-order valence-electron chi connectivity index (χ2n) is 10.2. The molecule has 1 aromatic heterocycles. The van der Waals surface area contributed by atoms with E-state index in [0.29, 0.717) is 28.0 Å². The summed E-state index contributed by atoms with van der Waals surface area (Å²) in [6.07, 6.45) is 0.646. The molecule has 0 saturated heterocycles. The quantitative estimate of drug-likeness (QED) is 0.347. The van der Waals surface area contributed by atoms with E-state index in [1.807, 2.05) is 77.9 Å². The maximum Gasteiger partial charge on any atom is 0.245 e. The molecule has 8 heteroatoms. The van der Waals surface area contributed by atoms with Crippen LogP contribution in [0.4, 0.5) is 5.82 Å². The lowest BCUT2D eigenvalue weighted by molar-refractivity contribution is -0.137. The van der Waals surface area contributed by atoms with Crippen LogP contribution in [0, 0.1) is 0 Å². The molecular weight excluding hydrogens is 495 g/mol. The van der Waals surface area contributed by atoms with Crippen LogP contribution in [0.15, 0.2) is 54.6 Å². The molecule has 0 fully saturated rings. The highest BCUT2D eigenvalue weighted by molar-refractivity contribution is 6.42. The Kier molecular flexibility index (Phi) is 8.85. The van der Waals surface area contributed by atoms with Crippen molar-refractivity contribution in [2.75, 3.05) is 11.9 Å². The molecule has 0 bridgehead atoms. The van der Waals surface area contributed by atoms with Gasteiger partial charge in [0, 0.05) is 17.5 Å². The molecule has 2 amide bonds. The average Bonchev–Trinajstić information content (AvgIpc) is 3.24. The van der Waals surface area contributed by atoms with Crippen molar-refractivity contribution >= 4 is 40.8 Å². The Bertz CT molecular complexity index is 1220. The molecular formula is C28H34Cl2N4O2. The fourth-order valence-electron chi connectivity index (χ4n) is 3.94. The van der Waals surface area contributed by atoms with Crippen LogP contribution in [0.1, 0.15) is 65.1 Å². The minimum Gasteiger partial charge on any atom is -0.330 e. The van der Waals surface area contributed by atoms with Gasteiger partial charge in [-0.25, -0.2) is 4.68 Å². The highest BCUT2D eigenvalue weighted by atomic mass is 35.5. The smallest absolute Gasteiger partial charge is 0.245 e. The Morgan fingerprint density at radius 1 is 1.03 bits per heavy atom. The fraction of sp³-hybridized carbons (Fsp3) is 0.393. The number of carbonyl (C=O) groups excluding carboxylic acids is 2. The molecule has 0 aliphatic heterocycles. The van der Waals surface area contributed by atoms with Crippen LogP contribution >= 0.6 is 23.2 Å². The molecule has 1 N–H and O–H groups in total. The van der Waals surface area contributed by atoms with Gasteiger partial charge in [0.25, 0.3) is 0 Å². The Labute approximate surface area is 223 Å². The zero-order valence-corrected chi connectivity index (χ0v) is 23.2. The zero-order chi connectivity index (χ0) is 26.6. The minimum atomic E-state index is -0.310. The van der Waals surface area contributed by atoms with E-state index >= 15 is 0 Å². The maximum atomic E-state index is 13.5. The number of carbonyl (C=O) groups is 2. The second kappa shape index (κ2) is 11.5. The lowest BCUT2D eigenvalue weighted by Gasteiger charge is -2.30. The van der Waals surface area contributed by atoms with Crippen LogP contribution in [0.3, 0.4) is 0 Å². The van der Waals surface area contributed by atoms with Crippen molar-refractivity contribution in [3.8, 4) is 5.69 Å². The van der Waals surface area contributed by atoms with Gasteiger partial charge >= 0.3 is 0 Å². The Morgan fingerprint density at radius 3 is 2.25 bits per heavy atom. The molecule has 6 nitrogen and oxygen atoms in total. The summed E-state index contributed by atoms with van der Waals surface area (Å²) >= 11 is 12.3. The van der Waals surface area contributed by atoms with E-state index in [4.69, 9.17) is 28.3 Å². The normalized spacial score (nSPS) is 12.5. The van der Waals surface area contributed by atoms with Gasteiger partial charge in [0.1, 0.15) is 12.4 Å². The number of benzene rings is 2. The van der Waals surface area contributed by atoms with Gasteiger partial charge in [-0.1, -0.05) is 81.2 Å². The third-order valence-corrected chi connectivity index (χ3v) is 6.76. The molecule has 0 radical (unpaired) electrons. The summed E-state index contributed by atoms with van der Waals surface area (Å²) in [5.74, 6) is -0.186. The van der Waals surface area contributed by atoms with E-state index in [1.165, 1.54) is 0 Å². The third kappa shape index (κ3) is 6.48. The van der Waals surface area contributed by atoms with Gasteiger partial charge in [-0.3, -0.25) is 9.59 Å². The Morgan fingerprint density at radius 2 is 1.69 bits per heavy atom. The molecule has 1 unspecified atom stereocenters. The molecule has 3 aromatic rings. The predicted octanol–water partition coefficient (Wildman–Crippen LogP) is 6.85. The first kappa shape index (κ1) is 27.8. The van der Waals surface area contributed by atoms with Crippen molar-refractivity contribution in [1.29, 1.82) is 0 Å². The first-order chi connectivity index (χ1) is 16.9. The van der Waals surface area contributed by atoms with Crippen LogP contribution in [0.25, 0.3) is 5.69 Å². The number of amides is 2. The third-order valence-electron chi connectivity index (χ3n) is 6.02. The highest BCUT2D eigenvalue weighted by Gasteiger charge is 2.29. The van der Waals surface area contributed by atoms with Crippen molar-refractivity contribution in [1.82, 2.24) is 14.7 Å². The van der Waals surface area contributed by atoms with E-state index in [9.17, 15) is 9.59 Å². The number of halogens is 2. The number of hydrogen-bond acceptors (Lipinski definition) is 3. The highest BCUT2D eigenvalue weighted by Crippen LogP contribution is 2.30. The Balaban J connectivity index is 1.88. The first-order valence-corrected chi connectivity index (χ1v) is 12.9. The van der Waals surface area contributed by atoms with Gasteiger partial charge in [0.05, 0.1) is 27.3 Å². The maximum absolute atomic E-state index is 13.5. The molecule has 0 saturated carbocycles. The number of aromatic nitrogens is 2. The average molecular weight is 530 g/mol. The number of nitrogens with zero attached hydrogens (tertiary/aromatic N) is 3. The Hall–Kier alpha value is -2.83. The molecule has 36 heavy (non-hydrogen) atoms. The monoisotopic (exact) mass is 528 g/mol. The van der Waals surface area contributed by atoms with Gasteiger partial charge in [0.15, 0.2) is 0 Å². The summed E-state index contributed by atoms with van der Waals surface area (Å²) in [6, 6.07) is 16.6. The zero-order valence-electron chi connectivity index (χ0n) is 21.7. The van der Waals surface area contributed by atoms with Crippen LogP contribution < -0.4 is 5.32 Å². The molecule has 0 aliphatic rings.